The molecular weight excluding hydrogens is 415 g/mol. The Hall–Kier alpha value is -2.98. The number of hydrogen-bond acceptors (Lipinski definition) is 7. The molecule has 0 unspecified atom stereocenters. The minimum Gasteiger partial charge on any atom is -0.497 e. The molecule has 29 heavy (non-hydrogen) atoms. The van der Waals surface area contributed by atoms with E-state index in [2.05, 4.69) is 20.8 Å². The number of methoxy groups -OCH3 is 1. The molecule has 2 amide bonds. The Morgan fingerprint density at radius 3 is 2.45 bits per heavy atom. The molecule has 0 bridgehead atoms. The zero-order valence-electron chi connectivity index (χ0n) is 15.3. The van der Waals surface area contributed by atoms with Gasteiger partial charge in [0.15, 0.2) is 4.34 Å². The predicted molar refractivity (Wildman–Crippen MR) is 111 cm³/mol. The van der Waals surface area contributed by atoms with E-state index < -0.39 is 0 Å². The summed E-state index contributed by atoms with van der Waals surface area (Å²) in [5.41, 5.74) is 1.36. The number of hydrogen-bond donors (Lipinski definition) is 2. The molecule has 0 radical (unpaired) electrons. The Morgan fingerprint density at radius 2 is 1.76 bits per heavy atom. The van der Waals surface area contributed by atoms with Gasteiger partial charge in [0, 0.05) is 5.69 Å². The first-order valence-corrected chi connectivity index (χ1v) is 10.3. The maximum atomic E-state index is 12.9. The van der Waals surface area contributed by atoms with Gasteiger partial charge in [0.25, 0.3) is 0 Å². The fourth-order valence-corrected chi connectivity index (χ4v) is 3.84. The second-order valence-electron chi connectivity index (χ2n) is 5.79. The lowest BCUT2D eigenvalue weighted by atomic mass is 10.1. The zero-order chi connectivity index (χ0) is 20.6. The SMILES string of the molecule is COc1ccc(CC(=O)Nc2nnc(SCC(=O)Nc3ccc(F)cc3)s2)cc1. The third-order valence-corrected chi connectivity index (χ3v) is 5.60. The lowest BCUT2D eigenvalue weighted by Gasteiger charge is -2.03. The first-order valence-electron chi connectivity index (χ1n) is 8.46. The highest BCUT2D eigenvalue weighted by Crippen LogP contribution is 2.25. The number of nitrogens with zero attached hydrogens (tertiary/aromatic N) is 2. The molecule has 10 heteroatoms. The fraction of sp³-hybridized carbons (Fsp3) is 0.158. The highest BCUT2D eigenvalue weighted by atomic mass is 32.2. The number of amides is 2. The Bertz CT molecular complexity index is 978. The summed E-state index contributed by atoms with van der Waals surface area (Å²) in [7, 11) is 1.58. The Labute approximate surface area is 174 Å². The van der Waals surface area contributed by atoms with Crippen LogP contribution in [-0.2, 0) is 16.0 Å². The predicted octanol–water partition coefficient (Wildman–Crippen LogP) is 3.60. The van der Waals surface area contributed by atoms with Gasteiger partial charge in [-0.2, -0.15) is 0 Å². The number of halogens is 1. The number of carbonyl (C=O) groups is 2. The van der Waals surface area contributed by atoms with Crippen molar-refractivity contribution < 1.29 is 18.7 Å². The summed E-state index contributed by atoms with van der Waals surface area (Å²) in [6, 6.07) is 12.7. The van der Waals surface area contributed by atoms with Gasteiger partial charge in [-0.3, -0.25) is 9.59 Å². The maximum Gasteiger partial charge on any atom is 0.234 e. The highest BCUT2D eigenvalue weighted by Gasteiger charge is 2.11. The van der Waals surface area contributed by atoms with Crippen LogP contribution in [-0.4, -0.2) is 34.9 Å². The van der Waals surface area contributed by atoms with Gasteiger partial charge in [-0.15, -0.1) is 10.2 Å². The molecule has 0 aliphatic heterocycles. The number of rotatable bonds is 8. The largest absolute Gasteiger partial charge is 0.497 e. The highest BCUT2D eigenvalue weighted by molar-refractivity contribution is 8.01. The van der Waals surface area contributed by atoms with Gasteiger partial charge in [-0.1, -0.05) is 35.2 Å². The van der Waals surface area contributed by atoms with Crippen molar-refractivity contribution in [2.24, 2.45) is 0 Å². The van der Waals surface area contributed by atoms with Gasteiger partial charge in [0.1, 0.15) is 11.6 Å². The summed E-state index contributed by atoms with van der Waals surface area (Å²) >= 11 is 2.39. The van der Waals surface area contributed by atoms with Crippen LogP contribution in [0.5, 0.6) is 5.75 Å². The molecule has 0 fully saturated rings. The van der Waals surface area contributed by atoms with Crippen molar-refractivity contribution in [1.29, 1.82) is 0 Å². The molecule has 0 saturated carbocycles. The average molecular weight is 433 g/mol. The first kappa shape index (κ1) is 20.7. The number of ether oxygens (including phenoxy) is 1. The summed E-state index contributed by atoms with van der Waals surface area (Å²) < 4.78 is 18.5. The van der Waals surface area contributed by atoms with Crippen LogP contribution in [0.25, 0.3) is 0 Å². The molecule has 0 spiro atoms. The quantitative estimate of drug-likeness (QED) is 0.417. The van der Waals surface area contributed by atoms with Gasteiger partial charge in [0.2, 0.25) is 16.9 Å². The topological polar surface area (TPSA) is 93.2 Å². The number of anilines is 2. The van der Waals surface area contributed by atoms with Crippen molar-refractivity contribution in [2.75, 3.05) is 23.5 Å². The third-order valence-electron chi connectivity index (χ3n) is 3.63. The van der Waals surface area contributed by atoms with E-state index in [1.165, 1.54) is 47.4 Å². The molecule has 2 aromatic carbocycles. The lowest BCUT2D eigenvalue weighted by molar-refractivity contribution is -0.115. The summed E-state index contributed by atoms with van der Waals surface area (Å²) in [5, 5.41) is 13.6. The van der Waals surface area contributed by atoms with Crippen molar-refractivity contribution >= 4 is 45.7 Å². The van der Waals surface area contributed by atoms with Crippen LogP contribution in [0.2, 0.25) is 0 Å². The molecule has 0 aliphatic rings. The smallest absolute Gasteiger partial charge is 0.234 e. The van der Waals surface area contributed by atoms with E-state index in [0.717, 1.165) is 11.3 Å². The van der Waals surface area contributed by atoms with Crippen molar-refractivity contribution in [1.82, 2.24) is 10.2 Å². The third kappa shape index (κ3) is 6.54. The molecule has 0 aliphatic carbocycles. The number of carbonyl (C=O) groups excluding carboxylic acids is 2. The molecule has 3 aromatic rings. The molecule has 1 aromatic heterocycles. The van der Waals surface area contributed by atoms with E-state index in [1.807, 2.05) is 12.1 Å². The normalized spacial score (nSPS) is 10.4. The van der Waals surface area contributed by atoms with Gasteiger partial charge in [0.05, 0.1) is 19.3 Å². The number of thioether (sulfide) groups is 1. The lowest BCUT2D eigenvalue weighted by Crippen LogP contribution is -2.14. The summed E-state index contributed by atoms with van der Waals surface area (Å²) in [6.45, 7) is 0. The molecule has 0 atom stereocenters. The molecule has 0 saturated heterocycles. The van der Waals surface area contributed by atoms with Gasteiger partial charge >= 0.3 is 0 Å². The Morgan fingerprint density at radius 1 is 1.03 bits per heavy atom. The van der Waals surface area contributed by atoms with Crippen LogP contribution >= 0.6 is 23.1 Å². The van der Waals surface area contributed by atoms with E-state index in [-0.39, 0.29) is 29.8 Å². The maximum absolute atomic E-state index is 12.9. The van der Waals surface area contributed by atoms with E-state index in [4.69, 9.17) is 4.74 Å². The van der Waals surface area contributed by atoms with Crippen LogP contribution in [0, 0.1) is 5.82 Å². The van der Waals surface area contributed by atoms with Gasteiger partial charge in [-0.25, -0.2) is 4.39 Å². The second-order valence-corrected chi connectivity index (χ2v) is 7.99. The Balaban J connectivity index is 1.45. The molecular formula is C19H17FN4O3S2. The fourth-order valence-electron chi connectivity index (χ4n) is 2.27. The summed E-state index contributed by atoms with van der Waals surface area (Å²) in [5.74, 6) is 0.0150. The molecule has 7 nitrogen and oxygen atoms in total. The average Bonchev–Trinajstić information content (AvgIpc) is 3.16. The minimum absolute atomic E-state index is 0.117. The van der Waals surface area contributed by atoms with Crippen LogP contribution in [0.1, 0.15) is 5.56 Å². The second kappa shape index (κ2) is 9.99. The van der Waals surface area contributed by atoms with E-state index in [0.29, 0.717) is 15.2 Å². The van der Waals surface area contributed by atoms with Crippen molar-refractivity contribution in [3.8, 4) is 5.75 Å². The summed E-state index contributed by atoms with van der Waals surface area (Å²) in [6.07, 6.45) is 0.201. The number of nitrogens with one attached hydrogen (secondary N) is 2. The monoisotopic (exact) mass is 432 g/mol. The summed E-state index contributed by atoms with van der Waals surface area (Å²) in [4.78, 5) is 24.1. The standard InChI is InChI=1S/C19H17FN4O3S2/c1-27-15-8-2-12(3-9-15)10-16(25)22-18-23-24-19(29-18)28-11-17(26)21-14-6-4-13(20)5-7-14/h2-9H,10-11H2,1H3,(H,21,26)(H,22,23,25). The Kier molecular flexibility index (Phi) is 7.14. The van der Waals surface area contributed by atoms with Crippen LogP contribution in [0.4, 0.5) is 15.2 Å². The molecule has 2 N–H and O–H groups in total. The minimum atomic E-state index is -0.368. The molecule has 3 rings (SSSR count). The van der Waals surface area contributed by atoms with E-state index in [1.54, 1.807) is 19.2 Å². The molecule has 150 valence electrons. The van der Waals surface area contributed by atoms with Crippen molar-refractivity contribution in [3.63, 3.8) is 0 Å². The number of benzene rings is 2. The van der Waals surface area contributed by atoms with Crippen molar-refractivity contribution in [2.45, 2.75) is 10.8 Å². The zero-order valence-corrected chi connectivity index (χ0v) is 17.0. The van der Waals surface area contributed by atoms with Crippen LogP contribution < -0.4 is 15.4 Å². The van der Waals surface area contributed by atoms with Crippen LogP contribution in [0.15, 0.2) is 52.9 Å². The van der Waals surface area contributed by atoms with E-state index >= 15 is 0 Å². The van der Waals surface area contributed by atoms with E-state index in [9.17, 15) is 14.0 Å². The number of aromatic nitrogens is 2. The van der Waals surface area contributed by atoms with Crippen LogP contribution in [0.3, 0.4) is 0 Å². The van der Waals surface area contributed by atoms with Gasteiger partial charge in [-0.05, 0) is 42.0 Å². The first-order chi connectivity index (χ1) is 14.0. The molecule has 1 heterocycles. The van der Waals surface area contributed by atoms with Gasteiger partial charge < -0.3 is 15.4 Å². The van der Waals surface area contributed by atoms with Crippen molar-refractivity contribution in [3.05, 3.63) is 59.9 Å².